The number of fused-ring (bicyclic) bond motifs is 2. The van der Waals surface area contributed by atoms with E-state index >= 15 is 0 Å². The minimum Gasteiger partial charge on any atom is -0.469 e. The first kappa shape index (κ1) is 22.4. The second kappa shape index (κ2) is 9.20. The molecule has 1 aromatic heterocycles. The van der Waals surface area contributed by atoms with Crippen LogP contribution in [0.5, 0.6) is 0 Å². The number of carbonyl (C=O) groups excluding carboxylic acids is 1. The number of nitrogens with two attached hydrogens (primary N) is 1. The molecule has 1 amide bonds. The van der Waals surface area contributed by atoms with Crippen LogP contribution >= 0.6 is 35.3 Å². The van der Waals surface area contributed by atoms with E-state index in [0.717, 1.165) is 31.9 Å². The van der Waals surface area contributed by atoms with Crippen LogP contribution in [0.2, 0.25) is 0 Å². The van der Waals surface area contributed by atoms with Gasteiger partial charge in [-0.25, -0.2) is 4.98 Å². The zero-order valence-electron chi connectivity index (χ0n) is 18.5. The van der Waals surface area contributed by atoms with E-state index in [0.29, 0.717) is 11.4 Å². The van der Waals surface area contributed by atoms with E-state index in [4.69, 9.17) is 27.7 Å². The van der Waals surface area contributed by atoms with Crippen LogP contribution in [0.1, 0.15) is 22.2 Å². The standard InChI is InChI=1S/C27H21N3O2S3/c28-21-25(31)30-22(18(15-34-26(21)30)24-29-19-13-7-8-14-20(19)35-24)27(33)32-23(16-9-3-1-4-10-16)17-11-5-2-6-12-17/h1-14,21,23,26H,15,28H2/t21?,26-/m1/s1. The highest BCUT2D eigenvalue weighted by atomic mass is 32.2. The van der Waals surface area contributed by atoms with Crippen LogP contribution in [0.25, 0.3) is 15.8 Å². The molecule has 8 heteroatoms. The van der Waals surface area contributed by atoms with Crippen LogP contribution in [0.4, 0.5) is 0 Å². The van der Waals surface area contributed by atoms with Gasteiger partial charge in [-0.3, -0.25) is 9.69 Å². The van der Waals surface area contributed by atoms with Gasteiger partial charge in [0.05, 0.1) is 10.2 Å². The second-order valence-electron chi connectivity index (χ2n) is 8.36. The first-order valence-electron chi connectivity index (χ1n) is 11.2. The van der Waals surface area contributed by atoms with Gasteiger partial charge in [0, 0.05) is 11.3 Å². The number of ether oxygens (including phenoxy) is 1. The van der Waals surface area contributed by atoms with Crippen molar-refractivity contribution in [2.24, 2.45) is 5.73 Å². The minimum atomic E-state index is -0.534. The van der Waals surface area contributed by atoms with Crippen LogP contribution in [0.3, 0.4) is 0 Å². The molecular weight excluding hydrogens is 495 g/mol. The van der Waals surface area contributed by atoms with Crippen molar-refractivity contribution in [3.63, 3.8) is 0 Å². The lowest BCUT2D eigenvalue weighted by molar-refractivity contribution is -0.140. The first-order valence-corrected chi connectivity index (χ1v) is 13.5. The number of thiocarbonyl (C=S) groups is 1. The maximum Gasteiger partial charge on any atom is 0.248 e. The monoisotopic (exact) mass is 515 g/mol. The Morgan fingerprint density at radius 3 is 2.29 bits per heavy atom. The molecule has 2 atom stereocenters. The number of hydrogen-bond donors (Lipinski definition) is 1. The summed E-state index contributed by atoms with van der Waals surface area (Å²) in [6.07, 6.45) is -0.410. The molecule has 6 rings (SSSR count). The molecule has 1 fully saturated rings. The Morgan fingerprint density at radius 1 is 1.00 bits per heavy atom. The third kappa shape index (κ3) is 3.96. The number of hydrogen-bond acceptors (Lipinski definition) is 7. The topological polar surface area (TPSA) is 68.5 Å². The fourth-order valence-corrected chi connectivity index (χ4v) is 7.13. The Hall–Kier alpha value is -3.04. The molecule has 0 aliphatic carbocycles. The lowest BCUT2D eigenvalue weighted by Crippen LogP contribution is -2.68. The molecule has 0 saturated carbocycles. The number of thioether (sulfide) groups is 1. The lowest BCUT2D eigenvalue weighted by atomic mass is 10.0. The van der Waals surface area contributed by atoms with Gasteiger partial charge in [-0.15, -0.1) is 23.1 Å². The van der Waals surface area contributed by atoms with Crippen LogP contribution in [0, 0.1) is 0 Å². The quantitative estimate of drug-likeness (QED) is 0.284. The van der Waals surface area contributed by atoms with Gasteiger partial charge < -0.3 is 10.5 Å². The molecule has 2 N–H and O–H groups in total. The molecule has 3 aromatic carbocycles. The van der Waals surface area contributed by atoms with Gasteiger partial charge in [0.2, 0.25) is 11.0 Å². The molecule has 5 nitrogen and oxygen atoms in total. The van der Waals surface area contributed by atoms with Crippen molar-refractivity contribution in [3.8, 4) is 0 Å². The Labute approximate surface area is 216 Å². The number of thiazole rings is 1. The van der Waals surface area contributed by atoms with Crippen molar-refractivity contribution >= 4 is 62.1 Å². The van der Waals surface area contributed by atoms with Crippen molar-refractivity contribution in [1.82, 2.24) is 9.88 Å². The number of rotatable bonds is 5. The maximum atomic E-state index is 12.9. The van der Waals surface area contributed by atoms with Crippen molar-refractivity contribution in [2.45, 2.75) is 17.5 Å². The average molecular weight is 516 g/mol. The summed E-state index contributed by atoms with van der Waals surface area (Å²) < 4.78 is 7.62. The zero-order valence-corrected chi connectivity index (χ0v) is 21.0. The molecule has 2 aliphatic rings. The number of para-hydroxylation sites is 1. The molecule has 174 valence electrons. The van der Waals surface area contributed by atoms with Gasteiger partial charge in [-0.05, 0) is 35.5 Å². The predicted molar refractivity (Wildman–Crippen MR) is 146 cm³/mol. The van der Waals surface area contributed by atoms with Crippen LogP contribution in [-0.4, -0.2) is 38.0 Å². The smallest absolute Gasteiger partial charge is 0.248 e. The van der Waals surface area contributed by atoms with Gasteiger partial charge in [0.25, 0.3) is 0 Å². The second-order valence-corrected chi connectivity index (χ2v) is 10.9. The molecular formula is C27H21N3O2S3. The number of nitrogens with zero attached hydrogens (tertiary/aromatic N) is 2. The zero-order chi connectivity index (χ0) is 23.9. The highest BCUT2D eigenvalue weighted by molar-refractivity contribution is 8.00. The molecule has 3 heterocycles. The average Bonchev–Trinajstić information content (AvgIpc) is 3.35. The van der Waals surface area contributed by atoms with Gasteiger partial charge in [0.1, 0.15) is 28.2 Å². The van der Waals surface area contributed by atoms with Crippen molar-refractivity contribution in [2.75, 3.05) is 5.75 Å². The molecule has 35 heavy (non-hydrogen) atoms. The van der Waals surface area contributed by atoms with Crippen LogP contribution < -0.4 is 5.73 Å². The van der Waals surface area contributed by atoms with E-state index in [1.165, 1.54) is 0 Å². The number of carbonyl (C=O) groups is 1. The molecule has 1 unspecified atom stereocenters. The number of benzene rings is 3. The molecule has 0 bridgehead atoms. The van der Waals surface area contributed by atoms with Crippen LogP contribution in [0.15, 0.2) is 90.6 Å². The first-order chi connectivity index (χ1) is 17.1. The number of amides is 1. The van der Waals surface area contributed by atoms with Gasteiger partial charge in [-0.2, -0.15) is 0 Å². The van der Waals surface area contributed by atoms with E-state index in [9.17, 15) is 4.79 Å². The van der Waals surface area contributed by atoms with Crippen LogP contribution in [-0.2, 0) is 9.53 Å². The number of β-lactam (4-membered cyclic amide) rings is 1. The fraction of sp³-hybridized carbons (Fsp3) is 0.148. The van der Waals surface area contributed by atoms with Crippen molar-refractivity contribution in [3.05, 3.63) is 107 Å². The summed E-state index contributed by atoms with van der Waals surface area (Å²) in [6, 6.07) is 27.4. The Kier molecular flexibility index (Phi) is 5.89. The Bertz CT molecular complexity index is 1380. The normalized spacial score (nSPS) is 19.6. The Morgan fingerprint density at radius 2 is 1.63 bits per heavy atom. The number of aromatic nitrogens is 1. The molecule has 2 aliphatic heterocycles. The minimum absolute atomic E-state index is 0.141. The predicted octanol–water partition coefficient (Wildman–Crippen LogP) is 5.38. The maximum absolute atomic E-state index is 12.9. The molecule has 1 saturated heterocycles. The third-order valence-electron chi connectivity index (χ3n) is 6.18. The summed E-state index contributed by atoms with van der Waals surface area (Å²) in [4.78, 5) is 19.5. The highest BCUT2D eigenvalue weighted by Gasteiger charge is 2.51. The summed E-state index contributed by atoms with van der Waals surface area (Å²) in [5.41, 5.74) is 10.6. The van der Waals surface area contributed by atoms with E-state index in [1.807, 2.05) is 78.9 Å². The highest BCUT2D eigenvalue weighted by Crippen LogP contribution is 2.45. The lowest BCUT2D eigenvalue weighted by Gasteiger charge is -2.49. The van der Waals surface area contributed by atoms with E-state index in [-0.39, 0.29) is 16.3 Å². The van der Waals surface area contributed by atoms with Gasteiger partial charge >= 0.3 is 0 Å². The van der Waals surface area contributed by atoms with Crippen molar-refractivity contribution in [1.29, 1.82) is 0 Å². The summed E-state index contributed by atoms with van der Waals surface area (Å²) in [6.45, 7) is 0. The SMILES string of the molecule is NC1C(=O)N2C(C(=S)OC(c3ccccc3)c3ccccc3)=C(c3nc4ccccc4s3)CS[C@H]12. The van der Waals surface area contributed by atoms with Gasteiger partial charge in [-0.1, -0.05) is 72.8 Å². The molecule has 0 spiro atoms. The summed E-state index contributed by atoms with van der Waals surface area (Å²) in [5.74, 6) is 0.514. The Balaban J connectivity index is 1.44. The van der Waals surface area contributed by atoms with Crippen molar-refractivity contribution < 1.29 is 9.53 Å². The largest absolute Gasteiger partial charge is 0.469 e. The fourth-order valence-electron chi connectivity index (χ4n) is 4.42. The third-order valence-corrected chi connectivity index (χ3v) is 8.87. The summed E-state index contributed by atoms with van der Waals surface area (Å²) in [7, 11) is 0. The van der Waals surface area contributed by atoms with E-state index in [1.54, 1.807) is 28.0 Å². The van der Waals surface area contributed by atoms with Gasteiger partial charge in [0.15, 0.2) is 0 Å². The summed E-state index contributed by atoms with van der Waals surface area (Å²) >= 11 is 9.16. The summed E-state index contributed by atoms with van der Waals surface area (Å²) in [5, 5.41) is 0.980. The van der Waals surface area contributed by atoms with E-state index in [2.05, 4.69) is 6.07 Å². The molecule has 0 radical (unpaired) electrons. The molecule has 4 aromatic rings. The van der Waals surface area contributed by atoms with E-state index < -0.39 is 12.1 Å².